The number of ether oxygens (including phenoxy) is 1. The first-order valence-electron chi connectivity index (χ1n) is 9.33. The van der Waals surface area contributed by atoms with Crippen molar-refractivity contribution in [2.24, 2.45) is 0 Å². The molecule has 1 fully saturated rings. The summed E-state index contributed by atoms with van der Waals surface area (Å²) in [5, 5.41) is 10.0. The molecule has 2 aromatic heterocycles. The maximum absolute atomic E-state index is 5.44. The third kappa shape index (κ3) is 3.05. The molecule has 0 radical (unpaired) electrons. The van der Waals surface area contributed by atoms with Crippen LogP contribution < -0.4 is 0 Å². The third-order valence-corrected chi connectivity index (χ3v) is 5.27. The van der Waals surface area contributed by atoms with Gasteiger partial charge in [-0.3, -0.25) is 10.00 Å². The molecular formula is C22H22N4O. The highest BCUT2D eigenvalue weighted by molar-refractivity contribution is 5.96. The van der Waals surface area contributed by atoms with E-state index >= 15 is 0 Å². The molecule has 0 bridgehead atoms. The van der Waals surface area contributed by atoms with E-state index < -0.39 is 0 Å². The number of hydrogen-bond acceptors (Lipinski definition) is 3. The molecule has 1 saturated heterocycles. The standard InChI is InChI=1S/C22H22N4O/c1-2-15-3-5-18-20(12-15)24-25-22(18)21-13-17-11-16(4-6-19(17)23-21)14-26-7-9-27-10-8-26/h2-6,11-13,23H,1,7-10,14H2,(H,24,25). The van der Waals surface area contributed by atoms with Crippen LogP contribution in [-0.2, 0) is 11.3 Å². The Bertz CT molecular complexity index is 1120. The number of rotatable bonds is 4. The SMILES string of the molecule is C=Cc1ccc2c(-c3cc4cc(CN5CCOCC5)ccc4[nH]3)n[nH]c2c1. The molecule has 0 saturated carbocycles. The Morgan fingerprint density at radius 1 is 1.07 bits per heavy atom. The number of morpholine rings is 1. The maximum atomic E-state index is 5.44. The van der Waals surface area contributed by atoms with E-state index in [9.17, 15) is 0 Å². The highest BCUT2D eigenvalue weighted by atomic mass is 16.5. The minimum atomic E-state index is 0.830. The van der Waals surface area contributed by atoms with Crippen molar-refractivity contribution in [1.82, 2.24) is 20.1 Å². The molecule has 0 atom stereocenters. The van der Waals surface area contributed by atoms with Crippen molar-refractivity contribution in [3.63, 3.8) is 0 Å². The smallest absolute Gasteiger partial charge is 0.116 e. The fraction of sp³-hybridized carbons (Fsp3) is 0.227. The van der Waals surface area contributed by atoms with Crippen LogP contribution in [0.4, 0.5) is 0 Å². The van der Waals surface area contributed by atoms with Crippen molar-refractivity contribution in [3.05, 3.63) is 60.2 Å². The first kappa shape index (κ1) is 16.3. The molecule has 5 heteroatoms. The van der Waals surface area contributed by atoms with Gasteiger partial charge in [0.2, 0.25) is 0 Å². The first-order chi connectivity index (χ1) is 13.3. The highest BCUT2D eigenvalue weighted by Crippen LogP contribution is 2.29. The van der Waals surface area contributed by atoms with E-state index in [0.29, 0.717) is 0 Å². The summed E-state index contributed by atoms with van der Waals surface area (Å²) in [7, 11) is 0. The molecule has 5 rings (SSSR count). The van der Waals surface area contributed by atoms with E-state index in [-0.39, 0.29) is 0 Å². The summed E-state index contributed by atoms with van der Waals surface area (Å²) < 4.78 is 5.44. The predicted octanol–water partition coefficient (Wildman–Crippen LogP) is 4.19. The molecule has 4 aromatic rings. The molecular weight excluding hydrogens is 336 g/mol. The number of aromatic nitrogens is 3. The second-order valence-electron chi connectivity index (χ2n) is 7.07. The molecule has 0 spiro atoms. The quantitative estimate of drug-likeness (QED) is 0.575. The Labute approximate surface area is 157 Å². The van der Waals surface area contributed by atoms with Gasteiger partial charge in [-0.05, 0) is 41.5 Å². The van der Waals surface area contributed by atoms with Gasteiger partial charge in [-0.1, -0.05) is 24.8 Å². The lowest BCUT2D eigenvalue weighted by Crippen LogP contribution is -2.35. The number of nitrogens with zero attached hydrogens (tertiary/aromatic N) is 2. The summed E-state index contributed by atoms with van der Waals surface area (Å²) in [5.74, 6) is 0. The van der Waals surface area contributed by atoms with E-state index in [1.165, 1.54) is 10.9 Å². The van der Waals surface area contributed by atoms with E-state index in [1.54, 1.807) is 0 Å². The zero-order chi connectivity index (χ0) is 18.2. The Kier molecular flexibility index (Phi) is 4.03. The van der Waals surface area contributed by atoms with Crippen LogP contribution in [0.1, 0.15) is 11.1 Å². The van der Waals surface area contributed by atoms with Crippen molar-refractivity contribution in [2.75, 3.05) is 26.3 Å². The number of hydrogen-bond donors (Lipinski definition) is 2. The molecule has 1 aliphatic rings. The topological polar surface area (TPSA) is 56.9 Å². The van der Waals surface area contributed by atoms with Crippen molar-refractivity contribution in [1.29, 1.82) is 0 Å². The Morgan fingerprint density at radius 2 is 1.96 bits per heavy atom. The summed E-state index contributed by atoms with van der Waals surface area (Å²) in [6.45, 7) is 8.46. The van der Waals surface area contributed by atoms with Crippen molar-refractivity contribution < 1.29 is 4.74 Å². The fourth-order valence-corrected chi connectivity index (χ4v) is 3.80. The minimum absolute atomic E-state index is 0.830. The zero-order valence-electron chi connectivity index (χ0n) is 15.2. The molecule has 2 aromatic carbocycles. The van der Waals surface area contributed by atoms with Gasteiger partial charge in [-0.15, -0.1) is 0 Å². The molecule has 5 nitrogen and oxygen atoms in total. The van der Waals surface area contributed by atoms with Crippen LogP contribution in [0.15, 0.2) is 49.0 Å². The van der Waals surface area contributed by atoms with Gasteiger partial charge in [0, 0.05) is 35.9 Å². The van der Waals surface area contributed by atoms with Gasteiger partial charge in [0.05, 0.1) is 24.4 Å². The predicted molar refractivity (Wildman–Crippen MR) is 110 cm³/mol. The molecule has 3 heterocycles. The van der Waals surface area contributed by atoms with Gasteiger partial charge >= 0.3 is 0 Å². The summed E-state index contributed by atoms with van der Waals surface area (Å²) in [6, 6.07) is 15.1. The second-order valence-corrected chi connectivity index (χ2v) is 7.07. The van der Waals surface area contributed by atoms with Crippen LogP contribution in [0, 0.1) is 0 Å². The summed E-state index contributed by atoms with van der Waals surface area (Å²) in [5.41, 5.74) is 6.56. The molecule has 0 aliphatic carbocycles. The summed E-state index contributed by atoms with van der Waals surface area (Å²) in [6.07, 6.45) is 1.85. The van der Waals surface area contributed by atoms with Crippen LogP contribution in [-0.4, -0.2) is 46.4 Å². The molecule has 27 heavy (non-hydrogen) atoms. The Morgan fingerprint density at radius 3 is 2.81 bits per heavy atom. The lowest BCUT2D eigenvalue weighted by molar-refractivity contribution is 0.0342. The van der Waals surface area contributed by atoms with E-state index in [0.717, 1.165) is 66.2 Å². The lowest BCUT2D eigenvalue weighted by atomic mass is 10.1. The molecule has 0 unspecified atom stereocenters. The Hall–Kier alpha value is -2.89. The van der Waals surface area contributed by atoms with Crippen molar-refractivity contribution >= 4 is 27.9 Å². The third-order valence-electron chi connectivity index (χ3n) is 5.27. The number of H-pyrrole nitrogens is 2. The van der Waals surface area contributed by atoms with Gasteiger partial charge in [-0.2, -0.15) is 5.10 Å². The van der Waals surface area contributed by atoms with E-state index in [1.807, 2.05) is 6.08 Å². The minimum Gasteiger partial charge on any atom is -0.379 e. The molecule has 0 amide bonds. The fourth-order valence-electron chi connectivity index (χ4n) is 3.80. The summed E-state index contributed by atoms with van der Waals surface area (Å²) >= 11 is 0. The molecule has 136 valence electrons. The molecule has 2 N–H and O–H groups in total. The van der Waals surface area contributed by atoms with Gasteiger partial charge in [0.15, 0.2) is 0 Å². The van der Waals surface area contributed by atoms with Gasteiger partial charge in [-0.25, -0.2) is 0 Å². The van der Waals surface area contributed by atoms with Crippen molar-refractivity contribution in [3.8, 4) is 11.4 Å². The van der Waals surface area contributed by atoms with Crippen LogP contribution in [0.25, 0.3) is 39.3 Å². The van der Waals surface area contributed by atoms with Gasteiger partial charge in [0.25, 0.3) is 0 Å². The molecule has 1 aliphatic heterocycles. The zero-order valence-corrected chi connectivity index (χ0v) is 15.2. The monoisotopic (exact) mass is 358 g/mol. The average molecular weight is 358 g/mol. The normalized spacial score (nSPS) is 15.6. The first-order valence-corrected chi connectivity index (χ1v) is 9.33. The highest BCUT2D eigenvalue weighted by Gasteiger charge is 2.13. The largest absolute Gasteiger partial charge is 0.379 e. The number of nitrogens with one attached hydrogen (secondary N) is 2. The van der Waals surface area contributed by atoms with Crippen molar-refractivity contribution in [2.45, 2.75) is 6.54 Å². The van der Waals surface area contributed by atoms with E-state index in [4.69, 9.17) is 4.74 Å². The lowest BCUT2D eigenvalue weighted by Gasteiger charge is -2.26. The van der Waals surface area contributed by atoms with Gasteiger partial charge < -0.3 is 9.72 Å². The second kappa shape index (κ2) is 6.68. The van der Waals surface area contributed by atoms with Gasteiger partial charge in [0.1, 0.15) is 5.69 Å². The number of aromatic amines is 2. The van der Waals surface area contributed by atoms with Crippen LogP contribution in [0.3, 0.4) is 0 Å². The average Bonchev–Trinajstić information content (AvgIpc) is 3.31. The summed E-state index contributed by atoms with van der Waals surface area (Å²) in [4.78, 5) is 5.95. The Balaban J connectivity index is 1.48. The number of benzene rings is 2. The van der Waals surface area contributed by atoms with E-state index in [2.05, 4.69) is 69.1 Å². The number of fused-ring (bicyclic) bond motifs is 2. The van der Waals surface area contributed by atoms with Crippen LogP contribution >= 0.6 is 0 Å². The maximum Gasteiger partial charge on any atom is 0.116 e. The van der Waals surface area contributed by atoms with Crippen LogP contribution in [0.2, 0.25) is 0 Å². The van der Waals surface area contributed by atoms with Crippen LogP contribution in [0.5, 0.6) is 0 Å².